The van der Waals surface area contributed by atoms with Crippen molar-refractivity contribution in [3.05, 3.63) is 35.2 Å². The maximum Gasteiger partial charge on any atom is 0.176 e. The van der Waals surface area contributed by atoms with Crippen LogP contribution in [0.4, 0.5) is 0 Å². The predicted octanol–water partition coefficient (Wildman–Crippen LogP) is 4.03. The molecule has 0 amide bonds. The van der Waals surface area contributed by atoms with E-state index >= 15 is 0 Å². The van der Waals surface area contributed by atoms with E-state index in [1.807, 2.05) is 4.68 Å². The van der Waals surface area contributed by atoms with Gasteiger partial charge in [-0.25, -0.2) is 0 Å². The lowest BCUT2D eigenvalue weighted by Crippen LogP contribution is -2.50. The lowest BCUT2D eigenvalue weighted by atomic mass is 9.75. The van der Waals surface area contributed by atoms with Crippen molar-refractivity contribution in [1.82, 2.24) is 25.1 Å². The Kier molecular flexibility index (Phi) is 5.23. The third-order valence-corrected chi connectivity index (χ3v) is 6.16. The first kappa shape index (κ1) is 18.1. The lowest BCUT2D eigenvalue weighted by Gasteiger charge is -2.46. The summed E-state index contributed by atoms with van der Waals surface area (Å²) in [7, 11) is 0. The Morgan fingerprint density at radius 1 is 1.16 bits per heavy atom. The summed E-state index contributed by atoms with van der Waals surface area (Å²) in [5, 5.41) is 13.1. The van der Waals surface area contributed by atoms with Crippen LogP contribution in [0.15, 0.2) is 18.2 Å². The predicted molar refractivity (Wildman–Crippen MR) is 101 cm³/mol. The van der Waals surface area contributed by atoms with Crippen LogP contribution in [0.1, 0.15) is 63.4 Å². The van der Waals surface area contributed by atoms with Crippen molar-refractivity contribution in [2.24, 2.45) is 5.92 Å². The zero-order valence-corrected chi connectivity index (χ0v) is 16.3. The summed E-state index contributed by atoms with van der Waals surface area (Å²) in [6, 6.07) is 6.37. The minimum absolute atomic E-state index is 0.0598. The number of hydrogen-bond acceptors (Lipinski definition) is 4. The molecule has 3 rings (SSSR count). The van der Waals surface area contributed by atoms with E-state index in [1.54, 1.807) is 0 Å². The van der Waals surface area contributed by atoms with Gasteiger partial charge in [0, 0.05) is 0 Å². The summed E-state index contributed by atoms with van der Waals surface area (Å²) in [6.07, 6.45) is 4.72. The summed E-state index contributed by atoms with van der Waals surface area (Å²) in [6.45, 7) is 13.2. The van der Waals surface area contributed by atoms with Gasteiger partial charge < -0.3 is 0 Å². The topological polar surface area (TPSA) is 46.8 Å². The Morgan fingerprint density at radius 2 is 1.84 bits per heavy atom. The molecule has 136 valence electrons. The van der Waals surface area contributed by atoms with Gasteiger partial charge in [-0.1, -0.05) is 32.9 Å². The standard InChI is InChI=1S/C20H31N5/c1-6-24(7-2)20(13-11-15(3)12-14-20)19-21-22-23-25(19)18-10-8-9-16(4)17(18)5/h8-10,15H,6-7,11-14H2,1-5H3. The van der Waals surface area contributed by atoms with Crippen molar-refractivity contribution in [2.45, 2.75) is 65.8 Å². The van der Waals surface area contributed by atoms with Crippen molar-refractivity contribution in [2.75, 3.05) is 13.1 Å². The van der Waals surface area contributed by atoms with Crippen LogP contribution in [-0.4, -0.2) is 38.2 Å². The third-order valence-electron chi connectivity index (χ3n) is 6.16. The fourth-order valence-corrected chi connectivity index (χ4v) is 4.35. The second-order valence-electron chi connectivity index (χ2n) is 7.52. The zero-order chi connectivity index (χ0) is 18.0. The van der Waals surface area contributed by atoms with Crippen molar-refractivity contribution >= 4 is 0 Å². The van der Waals surface area contributed by atoms with Crippen LogP contribution < -0.4 is 0 Å². The van der Waals surface area contributed by atoms with Crippen LogP contribution in [-0.2, 0) is 5.54 Å². The molecule has 1 fully saturated rings. The molecule has 1 aliphatic rings. The van der Waals surface area contributed by atoms with Crippen LogP contribution in [0.2, 0.25) is 0 Å². The Labute approximate surface area is 151 Å². The largest absolute Gasteiger partial charge is 0.291 e. The second kappa shape index (κ2) is 7.24. The fourth-order valence-electron chi connectivity index (χ4n) is 4.35. The van der Waals surface area contributed by atoms with E-state index in [2.05, 4.69) is 73.2 Å². The number of nitrogens with zero attached hydrogens (tertiary/aromatic N) is 5. The first-order chi connectivity index (χ1) is 12.0. The Bertz CT molecular complexity index is 709. The molecular formula is C20H31N5. The fraction of sp³-hybridized carbons (Fsp3) is 0.650. The van der Waals surface area contributed by atoms with Crippen LogP contribution in [0, 0.1) is 19.8 Å². The molecule has 0 spiro atoms. The van der Waals surface area contributed by atoms with Gasteiger partial charge in [-0.3, -0.25) is 4.90 Å². The van der Waals surface area contributed by atoms with Gasteiger partial charge in [0.2, 0.25) is 0 Å². The first-order valence-electron chi connectivity index (χ1n) is 9.64. The second-order valence-corrected chi connectivity index (χ2v) is 7.52. The Morgan fingerprint density at radius 3 is 2.48 bits per heavy atom. The smallest absolute Gasteiger partial charge is 0.176 e. The van der Waals surface area contributed by atoms with Crippen LogP contribution in [0.3, 0.4) is 0 Å². The van der Waals surface area contributed by atoms with E-state index in [4.69, 9.17) is 0 Å². The molecule has 0 atom stereocenters. The summed E-state index contributed by atoms with van der Waals surface area (Å²) in [5.41, 5.74) is 3.56. The van der Waals surface area contributed by atoms with Crippen LogP contribution in [0.5, 0.6) is 0 Å². The summed E-state index contributed by atoms with van der Waals surface area (Å²) >= 11 is 0. The SMILES string of the molecule is CCN(CC)C1(c2nnnn2-c2cccc(C)c2C)CCC(C)CC1. The van der Waals surface area contributed by atoms with E-state index in [1.165, 1.54) is 24.0 Å². The molecule has 0 aliphatic heterocycles. The maximum atomic E-state index is 4.56. The van der Waals surface area contributed by atoms with Gasteiger partial charge in [0.1, 0.15) is 0 Å². The highest BCUT2D eigenvalue weighted by molar-refractivity contribution is 5.44. The number of benzene rings is 1. The Hall–Kier alpha value is -1.75. The zero-order valence-electron chi connectivity index (χ0n) is 16.3. The number of aryl methyl sites for hydroxylation is 1. The van der Waals surface area contributed by atoms with Crippen molar-refractivity contribution in [3.8, 4) is 5.69 Å². The Balaban J connectivity index is 2.13. The number of tetrazole rings is 1. The van der Waals surface area contributed by atoms with E-state index in [-0.39, 0.29) is 5.54 Å². The molecule has 0 saturated heterocycles. The number of aromatic nitrogens is 4. The summed E-state index contributed by atoms with van der Waals surface area (Å²) < 4.78 is 2.00. The maximum absolute atomic E-state index is 4.56. The summed E-state index contributed by atoms with van der Waals surface area (Å²) in [4.78, 5) is 2.56. The van der Waals surface area contributed by atoms with E-state index in [0.29, 0.717) is 0 Å². The average molecular weight is 342 g/mol. The highest BCUT2D eigenvalue weighted by Gasteiger charge is 2.44. The minimum atomic E-state index is -0.0598. The monoisotopic (exact) mass is 341 g/mol. The molecule has 1 heterocycles. The van der Waals surface area contributed by atoms with Crippen molar-refractivity contribution in [1.29, 1.82) is 0 Å². The van der Waals surface area contributed by atoms with Gasteiger partial charge >= 0.3 is 0 Å². The molecule has 1 aliphatic carbocycles. The highest BCUT2D eigenvalue weighted by atomic mass is 15.6. The van der Waals surface area contributed by atoms with E-state index in [0.717, 1.165) is 43.4 Å². The third kappa shape index (κ3) is 3.10. The molecule has 0 N–H and O–H groups in total. The molecule has 1 saturated carbocycles. The summed E-state index contributed by atoms with van der Waals surface area (Å²) in [5.74, 6) is 1.80. The molecular weight excluding hydrogens is 310 g/mol. The molecule has 0 unspecified atom stereocenters. The molecule has 1 aromatic heterocycles. The highest BCUT2D eigenvalue weighted by Crippen LogP contribution is 2.43. The number of rotatable bonds is 5. The molecule has 2 aromatic rings. The first-order valence-corrected chi connectivity index (χ1v) is 9.64. The van der Waals surface area contributed by atoms with Gasteiger partial charge in [0.15, 0.2) is 5.82 Å². The van der Waals surface area contributed by atoms with Gasteiger partial charge in [-0.2, -0.15) is 4.68 Å². The van der Waals surface area contributed by atoms with Crippen molar-refractivity contribution < 1.29 is 0 Å². The quantitative estimate of drug-likeness (QED) is 0.824. The molecule has 0 bridgehead atoms. The molecule has 25 heavy (non-hydrogen) atoms. The van der Waals surface area contributed by atoms with Crippen molar-refractivity contribution in [3.63, 3.8) is 0 Å². The normalized spacial score (nSPS) is 24.0. The molecule has 5 nitrogen and oxygen atoms in total. The van der Waals surface area contributed by atoms with Crippen LogP contribution in [0.25, 0.3) is 5.69 Å². The van der Waals surface area contributed by atoms with Crippen LogP contribution >= 0.6 is 0 Å². The minimum Gasteiger partial charge on any atom is -0.291 e. The lowest BCUT2D eigenvalue weighted by molar-refractivity contribution is 0.0336. The van der Waals surface area contributed by atoms with Gasteiger partial charge in [-0.05, 0) is 86.2 Å². The van der Waals surface area contributed by atoms with E-state index < -0.39 is 0 Å². The molecule has 1 aromatic carbocycles. The number of hydrogen-bond donors (Lipinski definition) is 0. The van der Waals surface area contributed by atoms with Gasteiger partial charge in [0.25, 0.3) is 0 Å². The average Bonchev–Trinajstić information content (AvgIpc) is 3.10. The van der Waals surface area contributed by atoms with Gasteiger partial charge in [0.05, 0.1) is 11.2 Å². The van der Waals surface area contributed by atoms with Gasteiger partial charge in [-0.15, -0.1) is 5.10 Å². The van der Waals surface area contributed by atoms with E-state index in [9.17, 15) is 0 Å². The molecule has 0 radical (unpaired) electrons. The molecule has 5 heteroatoms.